The summed E-state index contributed by atoms with van der Waals surface area (Å²) in [6.45, 7) is 2.59. The molecule has 0 aliphatic rings. The number of nitrogens with one attached hydrogen (secondary N) is 1. The van der Waals surface area contributed by atoms with Crippen molar-refractivity contribution in [2.24, 2.45) is 0 Å². The van der Waals surface area contributed by atoms with Gasteiger partial charge in [-0.05, 0) is 56.8 Å². The van der Waals surface area contributed by atoms with Crippen LogP contribution in [0.25, 0.3) is 6.08 Å². The molecule has 0 radical (unpaired) electrons. The lowest BCUT2D eigenvalue weighted by atomic mass is 10.0. The highest BCUT2D eigenvalue weighted by Gasteiger charge is 2.13. The van der Waals surface area contributed by atoms with Crippen LogP contribution in [0.4, 0.5) is 0 Å². The Balaban J connectivity index is 1.89. The zero-order valence-corrected chi connectivity index (χ0v) is 15.1. The van der Waals surface area contributed by atoms with Crippen LogP contribution in [0.5, 0.6) is 5.75 Å². The summed E-state index contributed by atoms with van der Waals surface area (Å²) >= 11 is 0. The normalized spacial score (nSPS) is 12.5. The standard InChI is InChI=1S/C21H26N2O2/c1-16-5-4-6-17(13-16)9-12-21(25)22-15-19(23(2)3)14-18-7-10-20(24)11-8-18/h4-13,19,24H,14-15H2,1-3H3,(H,22,25)/b12-9+/t19-/m0/s1. The molecule has 2 aromatic rings. The predicted octanol–water partition coefficient (Wildman–Crippen LogP) is 3.00. The second-order valence-electron chi connectivity index (χ2n) is 6.48. The molecule has 0 heterocycles. The monoisotopic (exact) mass is 338 g/mol. The number of likely N-dealkylation sites (N-methyl/N-ethyl adjacent to an activating group) is 1. The highest BCUT2D eigenvalue weighted by molar-refractivity contribution is 5.91. The highest BCUT2D eigenvalue weighted by Crippen LogP contribution is 2.12. The van der Waals surface area contributed by atoms with Gasteiger partial charge in [0.2, 0.25) is 5.91 Å². The quantitative estimate of drug-likeness (QED) is 0.763. The van der Waals surface area contributed by atoms with Crippen molar-refractivity contribution < 1.29 is 9.90 Å². The molecule has 1 atom stereocenters. The van der Waals surface area contributed by atoms with Crippen LogP contribution in [0.1, 0.15) is 16.7 Å². The third kappa shape index (κ3) is 6.43. The number of rotatable bonds is 7. The van der Waals surface area contributed by atoms with Crippen molar-refractivity contribution in [1.29, 1.82) is 0 Å². The molecule has 0 fully saturated rings. The number of hydrogen-bond donors (Lipinski definition) is 2. The molecule has 132 valence electrons. The van der Waals surface area contributed by atoms with Crippen molar-refractivity contribution in [3.63, 3.8) is 0 Å². The number of aromatic hydroxyl groups is 1. The Hall–Kier alpha value is -2.59. The fourth-order valence-electron chi connectivity index (χ4n) is 2.56. The Morgan fingerprint density at radius 3 is 2.56 bits per heavy atom. The topological polar surface area (TPSA) is 52.6 Å². The fourth-order valence-corrected chi connectivity index (χ4v) is 2.56. The Morgan fingerprint density at radius 2 is 1.92 bits per heavy atom. The van der Waals surface area contributed by atoms with Crippen LogP contribution in [-0.2, 0) is 11.2 Å². The molecular weight excluding hydrogens is 312 g/mol. The molecule has 25 heavy (non-hydrogen) atoms. The maximum atomic E-state index is 12.1. The zero-order valence-electron chi connectivity index (χ0n) is 15.1. The molecule has 4 nitrogen and oxygen atoms in total. The third-order valence-electron chi connectivity index (χ3n) is 4.12. The molecule has 0 saturated carbocycles. The van der Waals surface area contributed by atoms with Crippen LogP contribution in [0, 0.1) is 6.92 Å². The summed E-state index contributed by atoms with van der Waals surface area (Å²) in [5, 5.41) is 12.3. The average molecular weight is 338 g/mol. The van der Waals surface area contributed by atoms with Gasteiger partial charge in [0.15, 0.2) is 0 Å². The van der Waals surface area contributed by atoms with Crippen LogP contribution < -0.4 is 5.32 Å². The summed E-state index contributed by atoms with van der Waals surface area (Å²) in [5.74, 6) is 0.166. The minimum absolute atomic E-state index is 0.0981. The first-order valence-corrected chi connectivity index (χ1v) is 8.41. The molecule has 0 unspecified atom stereocenters. The first-order chi connectivity index (χ1) is 11.9. The highest BCUT2D eigenvalue weighted by atomic mass is 16.3. The molecule has 2 N–H and O–H groups in total. The van der Waals surface area contributed by atoms with Crippen LogP contribution in [0.3, 0.4) is 0 Å². The fraction of sp³-hybridized carbons (Fsp3) is 0.286. The van der Waals surface area contributed by atoms with E-state index in [-0.39, 0.29) is 17.7 Å². The number of nitrogens with zero attached hydrogens (tertiary/aromatic N) is 1. The van der Waals surface area contributed by atoms with Crippen molar-refractivity contribution >= 4 is 12.0 Å². The van der Waals surface area contributed by atoms with Gasteiger partial charge < -0.3 is 15.3 Å². The lowest BCUT2D eigenvalue weighted by molar-refractivity contribution is -0.116. The van der Waals surface area contributed by atoms with Crippen LogP contribution in [0.15, 0.2) is 54.6 Å². The Bertz CT molecular complexity index is 721. The molecule has 2 rings (SSSR count). The SMILES string of the molecule is Cc1cccc(/C=C/C(=O)NC[C@H](Cc2ccc(O)cc2)N(C)C)c1. The summed E-state index contributed by atoms with van der Waals surface area (Å²) in [4.78, 5) is 14.2. The zero-order chi connectivity index (χ0) is 18.2. The Labute approximate surface area is 149 Å². The van der Waals surface area contributed by atoms with E-state index in [1.165, 1.54) is 5.56 Å². The molecule has 0 aliphatic heterocycles. The van der Waals surface area contributed by atoms with Gasteiger partial charge in [-0.25, -0.2) is 0 Å². The van der Waals surface area contributed by atoms with E-state index in [1.807, 2.05) is 63.5 Å². The van der Waals surface area contributed by atoms with E-state index >= 15 is 0 Å². The minimum Gasteiger partial charge on any atom is -0.508 e. The van der Waals surface area contributed by atoms with Gasteiger partial charge in [-0.15, -0.1) is 0 Å². The maximum Gasteiger partial charge on any atom is 0.244 e. The number of benzene rings is 2. The number of amides is 1. The van der Waals surface area contributed by atoms with Crippen molar-refractivity contribution in [2.45, 2.75) is 19.4 Å². The van der Waals surface area contributed by atoms with E-state index in [9.17, 15) is 9.90 Å². The van der Waals surface area contributed by atoms with Crippen molar-refractivity contribution in [1.82, 2.24) is 10.2 Å². The van der Waals surface area contributed by atoms with Crippen LogP contribution in [-0.4, -0.2) is 42.6 Å². The molecule has 0 spiro atoms. The number of phenols is 1. The van der Waals surface area contributed by atoms with Crippen molar-refractivity contribution in [3.05, 3.63) is 71.3 Å². The second kappa shape index (κ2) is 9.04. The molecule has 0 aromatic heterocycles. The number of aryl methyl sites for hydroxylation is 1. The van der Waals surface area contributed by atoms with E-state index in [0.717, 1.165) is 17.5 Å². The lowest BCUT2D eigenvalue weighted by Crippen LogP contribution is -2.41. The van der Waals surface area contributed by atoms with E-state index in [1.54, 1.807) is 18.2 Å². The van der Waals surface area contributed by atoms with Crippen LogP contribution in [0.2, 0.25) is 0 Å². The van der Waals surface area contributed by atoms with Gasteiger partial charge in [-0.2, -0.15) is 0 Å². The van der Waals surface area contributed by atoms with Gasteiger partial charge in [0.1, 0.15) is 5.75 Å². The first kappa shape index (κ1) is 18.7. The van der Waals surface area contributed by atoms with Gasteiger partial charge >= 0.3 is 0 Å². The summed E-state index contributed by atoms with van der Waals surface area (Å²) in [6, 6.07) is 15.4. The molecule has 4 heteroatoms. The average Bonchev–Trinajstić information content (AvgIpc) is 2.58. The third-order valence-corrected chi connectivity index (χ3v) is 4.12. The smallest absolute Gasteiger partial charge is 0.244 e. The number of phenolic OH excluding ortho intramolecular Hbond substituents is 1. The Kier molecular flexibility index (Phi) is 6.78. The molecule has 0 bridgehead atoms. The second-order valence-corrected chi connectivity index (χ2v) is 6.48. The van der Waals surface area contributed by atoms with Crippen molar-refractivity contribution in [2.75, 3.05) is 20.6 Å². The largest absolute Gasteiger partial charge is 0.508 e. The summed E-state index contributed by atoms with van der Waals surface area (Å²) in [6.07, 6.45) is 4.20. The van der Waals surface area contributed by atoms with Gasteiger partial charge in [0.05, 0.1) is 0 Å². The summed E-state index contributed by atoms with van der Waals surface area (Å²) < 4.78 is 0. The van der Waals surface area contributed by atoms with Gasteiger partial charge in [0, 0.05) is 18.7 Å². The van der Waals surface area contributed by atoms with Gasteiger partial charge in [-0.3, -0.25) is 4.79 Å². The number of hydrogen-bond acceptors (Lipinski definition) is 3. The first-order valence-electron chi connectivity index (χ1n) is 8.41. The number of carbonyl (C=O) groups is 1. The lowest BCUT2D eigenvalue weighted by Gasteiger charge is -2.24. The molecule has 0 aliphatic carbocycles. The minimum atomic E-state index is -0.0981. The summed E-state index contributed by atoms with van der Waals surface area (Å²) in [7, 11) is 4.00. The summed E-state index contributed by atoms with van der Waals surface area (Å²) in [5.41, 5.74) is 3.31. The van der Waals surface area contributed by atoms with Crippen molar-refractivity contribution in [3.8, 4) is 5.75 Å². The molecular formula is C21H26N2O2. The van der Waals surface area contributed by atoms with E-state index in [4.69, 9.17) is 0 Å². The van der Waals surface area contributed by atoms with E-state index < -0.39 is 0 Å². The maximum absolute atomic E-state index is 12.1. The van der Waals surface area contributed by atoms with Gasteiger partial charge in [-0.1, -0.05) is 42.0 Å². The molecule has 0 saturated heterocycles. The molecule has 1 amide bonds. The predicted molar refractivity (Wildman–Crippen MR) is 103 cm³/mol. The molecule has 2 aromatic carbocycles. The Morgan fingerprint density at radius 1 is 1.20 bits per heavy atom. The van der Waals surface area contributed by atoms with E-state index in [0.29, 0.717) is 6.54 Å². The number of carbonyl (C=O) groups excluding carboxylic acids is 1. The van der Waals surface area contributed by atoms with Gasteiger partial charge in [0.25, 0.3) is 0 Å². The van der Waals surface area contributed by atoms with E-state index in [2.05, 4.69) is 10.2 Å². The van der Waals surface area contributed by atoms with Crippen LogP contribution >= 0.6 is 0 Å².